The highest BCUT2D eigenvalue weighted by molar-refractivity contribution is 6.31. The molecule has 5 nitrogen and oxygen atoms in total. The third-order valence-electron chi connectivity index (χ3n) is 7.53. The average Bonchev–Trinajstić information content (AvgIpc) is 3.09. The van der Waals surface area contributed by atoms with E-state index in [1.165, 1.54) is 13.2 Å². The molecule has 0 radical (unpaired) electrons. The number of carbonyl (C=O) groups excluding carboxylic acids is 1. The van der Waals surface area contributed by atoms with Crippen molar-refractivity contribution in [1.29, 1.82) is 0 Å². The molecule has 0 bridgehead atoms. The number of ether oxygens (including phenoxy) is 1. The number of anilines is 1. The summed E-state index contributed by atoms with van der Waals surface area (Å²) in [5.41, 5.74) is 2.67. The van der Waals surface area contributed by atoms with Crippen LogP contribution in [0.3, 0.4) is 0 Å². The van der Waals surface area contributed by atoms with Gasteiger partial charge in [-0.15, -0.1) is 0 Å². The van der Waals surface area contributed by atoms with Crippen molar-refractivity contribution in [3.63, 3.8) is 0 Å². The number of hydrogen-bond acceptors (Lipinski definition) is 5. The molecule has 0 amide bonds. The Morgan fingerprint density at radius 3 is 2.67 bits per heavy atom. The number of benzene rings is 2. The van der Waals surface area contributed by atoms with Crippen molar-refractivity contribution in [2.24, 2.45) is 5.92 Å². The van der Waals surface area contributed by atoms with E-state index in [1.54, 1.807) is 6.07 Å². The summed E-state index contributed by atoms with van der Waals surface area (Å²) >= 11 is 6.33. The van der Waals surface area contributed by atoms with Crippen molar-refractivity contribution in [2.75, 3.05) is 25.6 Å². The van der Waals surface area contributed by atoms with E-state index in [0.29, 0.717) is 43.8 Å². The topological polar surface area (TPSA) is 61.8 Å². The highest BCUT2D eigenvalue weighted by atomic mass is 35.5. The Kier molecular flexibility index (Phi) is 6.72. The van der Waals surface area contributed by atoms with Crippen molar-refractivity contribution in [3.05, 3.63) is 63.9 Å². The summed E-state index contributed by atoms with van der Waals surface area (Å²) in [6, 6.07) is 10.7. The molecular weight excluding hydrogens is 443 g/mol. The van der Waals surface area contributed by atoms with Crippen LogP contribution >= 0.6 is 11.6 Å². The van der Waals surface area contributed by atoms with Gasteiger partial charge in [0, 0.05) is 35.9 Å². The van der Waals surface area contributed by atoms with E-state index in [-0.39, 0.29) is 29.9 Å². The van der Waals surface area contributed by atoms with Crippen LogP contribution in [0, 0.1) is 18.7 Å². The molecule has 1 atom stereocenters. The van der Waals surface area contributed by atoms with E-state index in [2.05, 4.69) is 10.2 Å². The molecule has 1 aliphatic carbocycles. The lowest BCUT2D eigenvalue weighted by atomic mass is 9.69. The number of esters is 1. The van der Waals surface area contributed by atoms with Gasteiger partial charge in [0.15, 0.2) is 0 Å². The first-order chi connectivity index (χ1) is 15.7. The molecule has 0 aromatic heterocycles. The normalized spacial score (nSPS) is 25.6. The first kappa shape index (κ1) is 24.0. The fourth-order valence-electron chi connectivity index (χ4n) is 5.60. The molecule has 1 spiro atoms. The smallest absolute Gasteiger partial charge is 0.331 e. The number of fused-ring (bicyclic) bond motifs is 2. The number of nitrogens with one attached hydrogen (secondary N) is 1. The van der Waals surface area contributed by atoms with Crippen molar-refractivity contribution in [2.45, 2.75) is 57.2 Å². The van der Waals surface area contributed by atoms with E-state index in [4.69, 9.17) is 16.3 Å². The van der Waals surface area contributed by atoms with E-state index < -0.39 is 5.54 Å². The van der Waals surface area contributed by atoms with Gasteiger partial charge in [-0.25, -0.2) is 9.18 Å². The Morgan fingerprint density at radius 1 is 1.27 bits per heavy atom. The van der Waals surface area contributed by atoms with Crippen molar-refractivity contribution in [1.82, 2.24) is 4.90 Å². The molecule has 1 saturated carbocycles. The van der Waals surface area contributed by atoms with Crippen LogP contribution in [0.4, 0.5) is 10.1 Å². The SMILES string of the molecule is COC(=O)C1(Nc2cccc(Cl)c2C)CCC2(CC1)c1ccc(F)cc1CN2C[C@@H](C)CO. The summed E-state index contributed by atoms with van der Waals surface area (Å²) in [5, 5.41) is 13.8. The van der Waals surface area contributed by atoms with Crippen molar-refractivity contribution < 1.29 is 19.0 Å². The van der Waals surface area contributed by atoms with Gasteiger partial charge in [-0.3, -0.25) is 4.90 Å². The largest absolute Gasteiger partial charge is 0.467 e. The maximum Gasteiger partial charge on any atom is 0.331 e. The Balaban J connectivity index is 1.68. The number of aliphatic hydroxyl groups excluding tert-OH is 1. The van der Waals surface area contributed by atoms with Crippen LogP contribution in [0.1, 0.15) is 49.3 Å². The molecule has 0 saturated heterocycles. The second-order valence-electron chi connectivity index (χ2n) is 9.61. The van der Waals surface area contributed by atoms with Gasteiger partial charge < -0.3 is 15.2 Å². The quantitative estimate of drug-likeness (QED) is 0.575. The van der Waals surface area contributed by atoms with Crippen molar-refractivity contribution >= 4 is 23.3 Å². The molecule has 2 N–H and O–H groups in total. The molecule has 33 heavy (non-hydrogen) atoms. The second kappa shape index (κ2) is 9.24. The van der Waals surface area contributed by atoms with Crippen molar-refractivity contribution in [3.8, 4) is 0 Å². The standard InChI is InChI=1S/C26H32ClFN2O3/c1-17(16-31)14-30-15-19-13-20(28)7-8-21(19)26(30)11-9-25(10-12-26,24(32)33-3)29-23-6-4-5-22(27)18(23)2/h4-8,13,17,29,31H,9-12,14-16H2,1-3H3/t17-,25?,26?/m1/s1. The lowest BCUT2D eigenvalue weighted by molar-refractivity contribution is -0.148. The lowest BCUT2D eigenvalue weighted by Gasteiger charge is -2.49. The summed E-state index contributed by atoms with van der Waals surface area (Å²) in [7, 11) is 1.42. The number of methoxy groups -OCH3 is 1. The predicted octanol–water partition coefficient (Wildman–Crippen LogP) is 5.02. The highest BCUT2D eigenvalue weighted by Gasteiger charge is 2.53. The summed E-state index contributed by atoms with van der Waals surface area (Å²) < 4.78 is 19.3. The first-order valence-corrected chi connectivity index (χ1v) is 11.9. The van der Waals surface area contributed by atoms with Crippen LogP contribution in [-0.4, -0.2) is 41.8 Å². The third-order valence-corrected chi connectivity index (χ3v) is 7.94. The fourth-order valence-corrected chi connectivity index (χ4v) is 5.77. The molecule has 2 aliphatic rings. The number of nitrogens with zero attached hydrogens (tertiary/aromatic N) is 1. The molecule has 1 aliphatic heterocycles. The number of aliphatic hydroxyl groups is 1. The zero-order valence-corrected chi connectivity index (χ0v) is 20.2. The van der Waals surface area contributed by atoms with Crippen LogP contribution < -0.4 is 5.32 Å². The minimum Gasteiger partial charge on any atom is -0.467 e. The van der Waals surface area contributed by atoms with E-state index in [9.17, 15) is 14.3 Å². The molecule has 4 rings (SSSR count). The van der Waals surface area contributed by atoms with Gasteiger partial charge >= 0.3 is 5.97 Å². The van der Waals surface area contributed by atoms with Gasteiger partial charge in [0.2, 0.25) is 0 Å². The number of hydrogen-bond donors (Lipinski definition) is 2. The Bertz CT molecular complexity index is 1040. The summed E-state index contributed by atoms with van der Waals surface area (Å²) in [4.78, 5) is 15.4. The van der Waals surface area contributed by atoms with Crippen LogP contribution in [-0.2, 0) is 21.6 Å². The zero-order chi connectivity index (χ0) is 23.8. The molecule has 1 heterocycles. The fraction of sp³-hybridized carbons (Fsp3) is 0.500. The van der Waals surface area contributed by atoms with E-state index in [0.717, 1.165) is 22.4 Å². The molecule has 7 heteroatoms. The van der Waals surface area contributed by atoms with Gasteiger partial charge in [0.05, 0.1) is 7.11 Å². The summed E-state index contributed by atoms with van der Waals surface area (Å²) in [6.07, 6.45) is 2.55. The molecule has 178 valence electrons. The Morgan fingerprint density at radius 2 is 2.00 bits per heavy atom. The minimum atomic E-state index is -0.869. The molecular formula is C26H32ClFN2O3. The monoisotopic (exact) mass is 474 g/mol. The Labute approximate surface area is 199 Å². The van der Waals surface area contributed by atoms with Gasteiger partial charge in [-0.05, 0) is 79.5 Å². The predicted molar refractivity (Wildman–Crippen MR) is 128 cm³/mol. The maximum absolute atomic E-state index is 14.0. The molecule has 2 aromatic rings. The summed E-state index contributed by atoms with van der Waals surface area (Å²) in [5.74, 6) is -0.427. The molecule has 1 fully saturated rings. The highest BCUT2D eigenvalue weighted by Crippen LogP contribution is 2.52. The maximum atomic E-state index is 14.0. The van der Waals surface area contributed by atoms with Crippen LogP contribution in [0.5, 0.6) is 0 Å². The second-order valence-corrected chi connectivity index (χ2v) is 10.0. The minimum absolute atomic E-state index is 0.0962. The first-order valence-electron chi connectivity index (χ1n) is 11.5. The molecule has 0 unspecified atom stereocenters. The van der Waals surface area contributed by atoms with Crippen LogP contribution in [0.15, 0.2) is 36.4 Å². The Hall–Kier alpha value is -2.15. The lowest BCUT2D eigenvalue weighted by Crippen LogP contribution is -2.56. The van der Waals surface area contributed by atoms with Gasteiger partial charge in [-0.2, -0.15) is 0 Å². The van der Waals surface area contributed by atoms with E-state index in [1.807, 2.05) is 38.1 Å². The number of halogens is 2. The van der Waals surface area contributed by atoms with Crippen LogP contribution in [0.25, 0.3) is 0 Å². The van der Waals surface area contributed by atoms with E-state index >= 15 is 0 Å². The van der Waals surface area contributed by atoms with Gasteiger partial charge in [0.25, 0.3) is 0 Å². The summed E-state index contributed by atoms with van der Waals surface area (Å²) in [6.45, 7) is 5.39. The zero-order valence-electron chi connectivity index (χ0n) is 19.5. The molecule has 2 aromatic carbocycles. The third kappa shape index (κ3) is 4.25. The number of carbonyl (C=O) groups is 1. The van der Waals surface area contributed by atoms with Gasteiger partial charge in [-0.1, -0.05) is 30.7 Å². The number of rotatable bonds is 6. The average molecular weight is 475 g/mol. The van der Waals surface area contributed by atoms with Crippen LogP contribution in [0.2, 0.25) is 5.02 Å². The van der Waals surface area contributed by atoms with Gasteiger partial charge in [0.1, 0.15) is 11.4 Å².